The summed E-state index contributed by atoms with van der Waals surface area (Å²) in [5, 5.41) is 4.86. The zero-order valence-corrected chi connectivity index (χ0v) is 18.1. The van der Waals surface area contributed by atoms with E-state index in [0.717, 1.165) is 5.56 Å². The number of ether oxygens (including phenoxy) is 2. The predicted octanol–water partition coefficient (Wildman–Crippen LogP) is 0.228. The third kappa shape index (κ3) is 5.75. The van der Waals surface area contributed by atoms with E-state index < -0.39 is 28.1 Å². The Morgan fingerprint density at radius 2 is 1.79 bits per heavy atom. The topological polar surface area (TPSA) is 114 Å². The number of rotatable bonds is 7. The highest BCUT2D eigenvalue weighted by Gasteiger charge is 2.36. The molecule has 162 valence electrons. The van der Waals surface area contributed by atoms with E-state index in [2.05, 4.69) is 10.6 Å². The van der Waals surface area contributed by atoms with Gasteiger partial charge in [-0.15, -0.1) is 0 Å². The van der Waals surface area contributed by atoms with Crippen LogP contribution in [0.25, 0.3) is 0 Å². The lowest BCUT2D eigenvalue weighted by atomic mass is 10.1. The van der Waals surface area contributed by atoms with E-state index in [4.69, 9.17) is 9.47 Å². The van der Waals surface area contributed by atoms with Crippen LogP contribution in [0.1, 0.15) is 23.1 Å². The third-order valence-electron chi connectivity index (χ3n) is 4.56. The van der Waals surface area contributed by atoms with Crippen molar-refractivity contribution in [2.24, 2.45) is 0 Å². The van der Waals surface area contributed by atoms with Crippen LogP contribution < -0.4 is 10.6 Å². The SMILES string of the molecule is COCCNC(=O)C(=O)NC[C@H]1OCCCN1S(=O)(=O)c1c(C)cc(C)cc1C. The Kier molecular flexibility index (Phi) is 8.14. The fraction of sp³-hybridized carbons (Fsp3) is 0.579. The summed E-state index contributed by atoms with van der Waals surface area (Å²) in [5.74, 6) is -1.66. The molecule has 1 heterocycles. The van der Waals surface area contributed by atoms with Gasteiger partial charge in [-0.25, -0.2) is 8.42 Å². The Balaban J connectivity index is 2.13. The molecule has 1 saturated heterocycles. The second kappa shape index (κ2) is 10.1. The smallest absolute Gasteiger partial charge is 0.309 e. The predicted molar refractivity (Wildman–Crippen MR) is 107 cm³/mol. The van der Waals surface area contributed by atoms with Crippen LogP contribution >= 0.6 is 0 Å². The van der Waals surface area contributed by atoms with Crippen molar-refractivity contribution in [2.75, 3.05) is 40.0 Å². The molecule has 0 radical (unpaired) electrons. The molecular weight excluding hydrogens is 398 g/mol. The molecule has 1 aliphatic rings. The molecule has 0 bridgehead atoms. The quantitative estimate of drug-likeness (QED) is 0.476. The third-order valence-corrected chi connectivity index (χ3v) is 6.76. The number of methoxy groups -OCH3 is 1. The van der Waals surface area contributed by atoms with Crippen LogP contribution in [0, 0.1) is 20.8 Å². The number of aryl methyl sites for hydroxylation is 3. The molecule has 0 aliphatic carbocycles. The average Bonchev–Trinajstić information content (AvgIpc) is 2.65. The number of amides is 2. The fourth-order valence-electron chi connectivity index (χ4n) is 3.40. The normalized spacial score (nSPS) is 17.7. The molecule has 2 N–H and O–H groups in total. The van der Waals surface area contributed by atoms with Crippen LogP contribution in [-0.4, -0.2) is 70.7 Å². The van der Waals surface area contributed by atoms with Crippen LogP contribution in [0.2, 0.25) is 0 Å². The van der Waals surface area contributed by atoms with Gasteiger partial charge in [0.05, 0.1) is 24.7 Å². The minimum atomic E-state index is -3.84. The second-order valence-corrected chi connectivity index (χ2v) is 8.81. The highest BCUT2D eigenvalue weighted by Crippen LogP contribution is 2.28. The van der Waals surface area contributed by atoms with Crippen molar-refractivity contribution in [1.82, 2.24) is 14.9 Å². The van der Waals surface area contributed by atoms with E-state index in [9.17, 15) is 18.0 Å². The molecule has 0 spiro atoms. The molecule has 1 atom stereocenters. The van der Waals surface area contributed by atoms with Crippen molar-refractivity contribution in [2.45, 2.75) is 38.3 Å². The number of hydrogen-bond donors (Lipinski definition) is 2. The van der Waals surface area contributed by atoms with Crippen molar-refractivity contribution in [3.63, 3.8) is 0 Å². The number of nitrogens with one attached hydrogen (secondary N) is 2. The Bertz CT molecular complexity index is 832. The van der Waals surface area contributed by atoms with Crippen LogP contribution in [0.3, 0.4) is 0 Å². The number of sulfonamides is 1. The first-order chi connectivity index (χ1) is 13.7. The van der Waals surface area contributed by atoms with Gasteiger partial charge in [0.1, 0.15) is 6.23 Å². The Morgan fingerprint density at radius 1 is 1.17 bits per heavy atom. The largest absolute Gasteiger partial charge is 0.383 e. The maximum absolute atomic E-state index is 13.3. The molecule has 1 aliphatic heterocycles. The van der Waals surface area contributed by atoms with Gasteiger partial charge in [-0.1, -0.05) is 17.7 Å². The minimum absolute atomic E-state index is 0.125. The van der Waals surface area contributed by atoms with E-state index in [1.165, 1.54) is 11.4 Å². The zero-order chi connectivity index (χ0) is 21.6. The van der Waals surface area contributed by atoms with Crippen LogP contribution in [0.5, 0.6) is 0 Å². The van der Waals surface area contributed by atoms with Gasteiger partial charge in [-0.05, 0) is 38.3 Å². The van der Waals surface area contributed by atoms with Crippen LogP contribution in [0.15, 0.2) is 17.0 Å². The van der Waals surface area contributed by atoms with Gasteiger partial charge in [0.15, 0.2) is 0 Å². The molecule has 10 heteroatoms. The standard InChI is InChI=1S/C19H29N3O6S/c1-13-10-14(2)17(15(3)11-13)29(25,26)22-7-5-8-28-16(22)12-21-19(24)18(23)20-6-9-27-4/h10-11,16H,5-9,12H2,1-4H3,(H,20,23)(H,21,24)/t16-/m1/s1. The maximum Gasteiger partial charge on any atom is 0.309 e. The summed E-state index contributed by atoms with van der Waals surface area (Å²) in [7, 11) is -2.35. The van der Waals surface area contributed by atoms with E-state index >= 15 is 0 Å². The highest BCUT2D eigenvalue weighted by atomic mass is 32.2. The van der Waals surface area contributed by atoms with Crippen molar-refractivity contribution in [3.8, 4) is 0 Å². The van der Waals surface area contributed by atoms with Gasteiger partial charge in [-0.2, -0.15) is 4.31 Å². The molecule has 1 fully saturated rings. The molecule has 9 nitrogen and oxygen atoms in total. The number of benzene rings is 1. The summed E-state index contributed by atoms with van der Waals surface area (Å²) in [6.45, 7) is 6.45. The number of nitrogens with zero attached hydrogens (tertiary/aromatic N) is 1. The number of carbonyl (C=O) groups excluding carboxylic acids is 2. The molecular formula is C19H29N3O6S. The summed E-state index contributed by atoms with van der Waals surface area (Å²) in [4.78, 5) is 24.0. The Morgan fingerprint density at radius 3 is 2.41 bits per heavy atom. The van der Waals surface area contributed by atoms with Crippen LogP contribution in [0.4, 0.5) is 0 Å². The molecule has 1 aromatic rings. The molecule has 2 rings (SSSR count). The summed E-state index contributed by atoms with van der Waals surface area (Å²) in [6.07, 6.45) is -0.338. The number of hydrogen-bond acceptors (Lipinski definition) is 6. The summed E-state index contributed by atoms with van der Waals surface area (Å²) >= 11 is 0. The molecule has 2 amide bonds. The van der Waals surface area contributed by atoms with E-state index in [1.807, 2.05) is 19.1 Å². The van der Waals surface area contributed by atoms with Crippen molar-refractivity contribution in [3.05, 3.63) is 28.8 Å². The number of carbonyl (C=O) groups is 2. The van der Waals surface area contributed by atoms with Crippen LogP contribution in [-0.2, 0) is 29.1 Å². The zero-order valence-electron chi connectivity index (χ0n) is 17.3. The van der Waals surface area contributed by atoms with E-state index in [1.54, 1.807) is 13.8 Å². The molecule has 0 aromatic heterocycles. The van der Waals surface area contributed by atoms with E-state index in [0.29, 0.717) is 24.2 Å². The minimum Gasteiger partial charge on any atom is -0.383 e. The summed E-state index contributed by atoms with van der Waals surface area (Å²) < 4.78 is 38.4. The van der Waals surface area contributed by atoms with Gasteiger partial charge in [0.25, 0.3) is 0 Å². The van der Waals surface area contributed by atoms with Gasteiger partial charge in [-0.3, -0.25) is 9.59 Å². The lowest BCUT2D eigenvalue weighted by molar-refractivity contribution is -0.140. The van der Waals surface area contributed by atoms with Gasteiger partial charge in [0.2, 0.25) is 10.0 Å². The summed E-state index contributed by atoms with van der Waals surface area (Å²) in [5.41, 5.74) is 2.30. The maximum atomic E-state index is 13.3. The molecule has 1 aromatic carbocycles. The average molecular weight is 428 g/mol. The highest BCUT2D eigenvalue weighted by molar-refractivity contribution is 7.89. The first-order valence-corrected chi connectivity index (χ1v) is 10.9. The van der Waals surface area contributed by atoms with Gasteiger partial charge in [0, 0.05) is 20.2 Å². The van der Waals surface area contributed by atoms with Gasteiger partial charge < -0.3 is 20.1 Å². The monoisotopic (exact) mass is 427 g/mol. The first kappa shape index (κ1) is 23.3. The van der Waals surface area contributed by atoms with Crippen molar-refractivity contribution in [1.29, 1.82) is 0 Å². The molecule has 0 saturated carbocycles. The second-order valence-electron chi connectivity index (χ2n) is 6.98. The van der Waals surface area contributed by atoms with Crippen molar-refractivity contribution < 1.29 is 27.5 Å². The lowest BCUT2D eigenvalue weighted by Crippen LogP contribution is -2.53. The van der Waals surface area contributed by atoms with Gasteiger partial charge >= 0.3 is 11.8 Å². The lowest BCUT2D eigenvalue weighted by Gasteiger charge is -2.35. The molecule has 0 unspecified atom stereocenters. The van der Waals surface area contributed by atoms with Crippen molar-refractivity contribution >= 4 is 21.8 Å². The van der Waals surface area contributed by atoms with E-state index in [-0.39, 0.29) is 31.1 Å². The Labute approximate surface area is 171 Å². The first-order valence-electron chi connectivity index (χ1n) is 9.44. The fourth-order valence-corrected chi connectivity index (χ4v) is 5.38. The Hall–Kier alpha value is -2.01. The summed E-state index contributed by atoms with van der Waals surface area (Å²) in [6, 6.07) is 3.65. The molecule has 29 heavy (non-hydrogen) atoms.